The van der Waals surface area contributed by atoms with Gasteiger partial charge in [-0.1, -0.05) is 12.1 Å². The Morgan fingerprint density at radius 3 is 2.62 bits per heavy atom. The van der Waals surface area contributed by atoms with E-state index in [1.54, 1.807) is 13.3 Å². The number of aromatic nitrogens is 3. The Balaban J connectivity index is 1.18. The van der Waals surface area contributed by atoms with Crippen molar-refractivity contribution in [1.82, 2.24) is 25.0 Å². The van der Waals surface area contributed by atoms with Crippen LogP contribution in [0.15, 0.2) is 59.6 Å². The molecule has 2 amide bonds. The number of ether oxygens (including phenoxy) is 1. The molecule has 0 unspecified atom stereocenters. The van der Waals surface area contributed by atoms with Gasteiger partial charge in [-0.3, -0.25) is 14.3 Å². The van der Waals surface area contributed by atoms with E-state index in [0.717, 1.165) is 54.5 Å². The van der Waals surface area contributed by atoms with Crippen molar-refractivity contribution in [3.63, 3.8) is 0 Å². The van der Waals surface area contributed by atoms with Crippen LogP contribution in [0.1, 0.15) is 39.1 Å². The van der Waals surface area contributed by atoms with Crippen LogP contribution in [0.25, 0.3) is 22.2 Å². The molecule has 1 aliphatic heterocycles. The number of aryl methyl sites for hydroxylation is 1. The van der Waals surface area contributed by atoms with Gasteiger partial charge in [0.1, 0.15) is 0 Å². The fourth-order valence-electron chi connectivity index (χ4n) is 4.88. The third-order valence-corrected chi connectivity index (χ3v) is 7.04. The number of carbonyl (C=O) groups excluding carboxylic acids is 2. The van der Waals surface area contributed by atoms with Crippen molar-refractivity contribution >= 4 is 22.7 Å². The number of nitrogens with zero attached hydrogens (tertiary/aromatic N) is 4. The second-order valence-corrected chi connectivity index (χ2v) is 9.45. The number of amides is 2. The van der Waals surface area contributed by atoms with Gasteiger partial charge in [-0.2, -0.15) is 5.10 Å². The van der Waals surface area contributed by atoms with Gasteiger partial charge >= 0.3 is 0 Å². The molecule has 2 aromatic heterocycles. The fourth-order valence-corrected chi connectivity index (χ4v) is 4.88. The molecule has 1 aliphatic rings. The number of benzene rings is 2. The highest BCUT2D eigenvalue weighted by molar-refractivity contribution is 6.00. The molecule has 0 atom stereocenters. The van der Waals surface area contributed by atoms with Gasteiger partial charge in [0, 0.05) is 61.6 Å². The Hall–Kier alpha value is -3.98. The topological polar surface area (TPSA) is 102 Å². The quantitative estimate of drug-likeness (QED) is 0.367. The van der Waals surface area contributed by atoms with Crippen LogP contribution in [-0.4, -0.2) is 64.8 Å². The third kappa shape index (κ3) is 5.41. The minimum absolute atomic E-state index is 0.0549. The number of hydrogen-bond acceptors (Lipinski definition) is 6. The predicted octanol–water partition coefficient (Wildman–Crippen LogP) is 3.93. The molecule has 0 saturated carbocycles. The van der Waals surface area contributed by atoms with E-state index in [1.807, 2.05) is 59.1 Å². The number of oxazole rings is 1. The number of methoxy groups -OCH3 is 1. The summed E-state index contributed by atoms with van der Waals surface area (Å²) in [4.78, 5) is 31.4. The van der Waals surface area contributed by atoms with Gasteiger partial charge in [-0.15, -0.1) is 0 Å². The Morgan fingerprint density at radius 1 is 1.14 bits per heavy atom. The van der Waals surface area contributed by atoms with Crippen LogP contribution in [-0.2, 0) is 11.3 Å². The fraction of sp³-hybridized carbons (Fsp3) is 0.357. The summed E-state index contributed by atoms with van der Waals surface area (Å²) in [5.41, 5.74) is 4.04. The molecule has 0 spiro atoms. The minimum atomic E-state index is -0.103. The highest BCUT2D eigenvalue weighted by Crippen LogP contribution is 2.25. The maximum atomic E-state index is 13.0. The van der Waals surface area contributed by atoms with Crippen LogP contribution >= 0.6 is 0 Å². The molecule has 5 rings (SSSR count). The van der Waals surface area contributed by atoms with Crippen LogP contribution in [0.3, 0.4) is 0 Å². The maximum Gasteiger partial charge on any atom is 0.253 e. The first kappa shape index (κ1) is 24.7. The second kappa shape index (κ2) is 11.0. The number of carbonyl (C=O) groups is 2. The lowest BCUT2D eigenvalue weighted by atomic mass is 9.96. The van der Waals surface area contributed by atoms with E-state index in [0.29, 0.717) is 36.0 Å². The van der Waals surface area contributed by atoms with Crippen LogP contribution < -0.4 is 5.32 Å². The second-order valence-electron chi connectivity index (χ2n) is 9.45. The molecule has 0 radical (unpaired) electrons. The molecule has 9 heteroatoms. The summed E-state index contributed by atoms with van der Waals surface area (Å²) in [6.07, 6.45) is 6.93. The largest absolute Gasteiger partial charge is 0.444 e. The lowest BCUT2D eigenvalue weighted by Crippen LogP contribution is -2.39. The number of fused-ring (bicyclic) bond motifs is 1. The van der Waals surface area contributed by atoms with Crippen LogP contribution in [0.2, 0.25) is 0 Å². The molecule has 0 bridgehead atoms. The lowest BCUT2D eigenvalue weighted by Gasteiger charge is -2.32. The Bertz CT molecular complexity index is 1370. The Morgan fingerprint density at radius 2 is 1.92 bits per heavy atom. The molecular formula is C28H31N5O4. The molecule has 2 aromatic carbocycles. The Labute approximate surface area is 215 Å². The van der Waals surface area contributed by atoms with Gasteiger partial charge in [-0.05, 0) is 55.5 Å². The van der Waals surface area contributed by atoms with Crippen molar-refractivity contribution in [1.29, 1.82) is 0 Å². The van der Waals surface area contributed by atoms with E-state index < -0.39 is 0 Å². The molecule has 4 aromatic rings. The van der Waals surface area contributed by atoms with E-state index in [-0.39, 0.29) is 11.8 Å². The van der Waals surface area contributed by atoms with Gasteiger partial charge in [0.05, 0.1) is 18.3 Å². The van der Waals surface area contributed by atoms with Crippen molar-refractivity contribution in [3.05, 3.63) is 71.9 Å². The predicted molar refractivity (Wildman–Crippen MR) is 139 cm³/mol. The van der Waals surface area contributed by atoms with E-state index in [2.05, 4.69) is 10.3 Å². The van der Waals surface area contributed by atoms with E-state index in [4.69, 9.17) is 14.3 Å². The molecule has 192 valence electrons. The minimum Gasteiger partial charge on any atom is -0.444 e. The zero-order valence-corrected chi connectivity index (χ0v) is 21.1. The van der Waals surface area contributed by atoms with E-state index in [1.165, 1.54) is 6.39 Å². The first-order chi connectivity index (χ1) is 18.0. The molecule has 1 N–H and O–H groups in total. The average molecular weight is 502 g/mol. The van der Waals surface area contributed by atoms with Crippen LogP contribution in [0.5, 0.6) is 0 Å². The molecular weight excluding hydrogens is 470 g/mol. The summed E-state index contributed by atoms with van der Waals surface area (Å²) in [6.45, 7) is 5.14. The lowest BCUT2D eigenvalue weighted by molar-refractivity contribution is 0.0681. The smallest absolute Gasteiger partial charge is 0.253 e. The first-order valence-electron chi connectivity index (χ1n) is 12.6. The van der Waals surface area contributed by atoms with Crippen molar-refractivity contribution in [2.75, 3.05) is 33.4 Å². The van der Waals surface area contributed by atoms with E-state index >= 15 is 0 Å². The van der Waals surface area contributed by atoms with Crippen LogP contribution in [0.4, 0.5) is 0 Å². The molecule has 0 aliphatic carbocycles. The zero-order chi connectivity index (χ0) is 25.8. The van der Waals surface area contributed by atoms with Crippen molar-refractivity contribution in [3.8, 4) is 11.3 Å². The summed E-state index contributed by atoms with van der Waals surface area (Å²) in [5.74, 6) is 1.07. The number of hydrogen-bond donors (Lipinski definition) is 1. The van der Waals surface area contributed by atoms with Crippen molar-refractivity contribution in [2.45, 2.75) is 26.3 Å². The molecule has 3 heterocycles. The zero-order valence-electron chi connectivity index (χ0n) is 21.1. The number of likely N-dealkylation sites (tertiary alicyclic amines) is 1. The molecule has 1 saturated heterocycles. The number of rotatable bonds is 8. The molecule has 37 heavy (non-hydrogen) atoms. The highest BCUT2D eigenvalue weighted by atomic mass is 16.5. The molecule has 1 fully saturated rings. The van der Waals surface area contributed by atoms with Gasteiger partial charge in [0.15, 0.2) is 12.2 Å². The van der Waals surface area contributed by atoms with Crippen molar-refractivity contribution < 1.29 is 18.7 Å². The van der Waals surface area contributed by atoms with Gasteiger partial charge in [0.25, 0.3) is 11.8 Å². The average Bonchev–Trinajstić information content (AvgIpc) is 3.60. The highest BCUT2D eigenvalue weighted by Gasteiger charge is 2.24. The summed E-state index contributed by atoms with van der Waals surface area (Å²) in [7, 11) is 1.61. The standard InChI is InChI=1S/C28H31N5O4/c1-19-23(27(34)30-11-14-36-2)7-8-25-24(19)17-33(31-25)16-20-9-12-32(13-10-20)28(35)22-5-3-21(4-6-22)26-15-29-18-37-26/h3-8,15,17-18,20H,9-14,16H2,1-2H3,(H,30,34). The number of nitrogens with one attached hydrogen (secondary N) is 1. The monoisotopic (exact) mass is 501 g/mol. The Kier molecular flexibility index (Phi) is 7.32. The summed E-state index contributed by atoms with van der Waals surface area (Å²) < 4.78 is 12.3. The van der Waals surface area contributed by atoms with Gasteiger partial charge in [0.2, 0.25) is 0 Å². The molecule has 9 nitrogen and oxygen atoms in total. The summed E-state index contributed by atoms with van der Waals surface area (Å²) in [6, 6.07) is 11.2. The van der Waals surface area contributed by atoms with E-state index in [9.17, 15) is 9.59 Å². The first-order valence-corrected chi connectivity index (χ1v) is 12.6. The van der Waals surface area contributed by atoms with Crippen molar-refractivity contribution in [2.24, 2.45) is 5.92 Å². The maximum absolute atomic E-state index is 13.0. The summed E-state index contributed by atoms with van der Waals surface area (Å²) in [5, 5.41) is 8.62. The van der Waals surface area contributed by atoms with Gasteiger partial charge in [-0.25, -0.2) is 4.98 Å². The third-order valence-electron chi connectivity index (χ3n) is 7.04. The van der Waals surface area contributed by atoms with Gasteiger partial charge < -0.3 is 19.4 Å². The SMILES string of the molecule is COCCNC(=O)c1ccc2nn(CC3CCN(C(=O)c4ccc(-c5cnco5)cc4)CC3)cc2c1C. The summed E-state index contributed by atoms with van der Waals surface area (Å²) >= 11 is 0. The number of piperidine rings is 1. The normalized spacial score (nSPS) is 14.3. The van der Waals surface area contributed by atoms with Crippen LogP contribution in [0, 0.1) is 12.8 Å².